The van der Waals surface area contributed by atoms with Crippen molar-refractivity contribution >= 4 is 10.8 Å². The summed E-state index contributed by atoms with van der Waals surface area (Å²) in [7, 11) is 0. The Morgan fingerprint density at radius 3 is 1.31 bits per heavy atom. The molecule has 2 heterocycles. The highest BCUT2D eigenvalue weighted by molar-refractivity contribution is 5.85. The second-order valence-electron chi connectivity index (χ2n) is 7.41. The van der Waals surface area contributed by atoms with Gasteiger partial charge in [-0.3, -0.25) is 0 Å². The monoisotopic (exact) mass is 416 g/mol. The van der Waals surface area contributed by atoms with Crippen molar-refractivity contribution in [1.82, 2.24) is 0 Å². The Labute approximate surface area is 185 Å². The van der Waals surface area contributed by atoms with E-state index in [-0.39, 0.29) is 13.6 Å². The minimum Gasteiger partial charge on any atom is -0.454 e. The molecule has 0 radical (unpaired) electrons. The first-order chi connectivity index (χ1) is 15.8. The second kappa shape index (κ2) is 7.61. The Kier molecular flexibility index (Phi) is 4.34. The van der Waals surface area contributed by atoms with Crippen LogP contribution in [-0.2, 0) is 0 Å². The summed E-state index contributed by atoms with van der Waals surface area (Å²) in [5, 5.41) is 2.24. The molecule has 0 atom stereocenters. The SMILES string of the molecule is C(#Cc1ccc2ccc(C#Cc3ccc4c(c3)OCO4)cc2c1)c1ccc2c(c1)OCO2. The maximum atomic E-state index is 5.42. The maximum Gasteiger partial charge on any atom is 0.231 e. The summed E-state index contributed by atoms with van der Waals surface area (Å²) in [6.45, 7) is 0.521. The fraction of sp³-hybridized carbons (Fsp3) is 0.0714. The van der Waals surface area contributed by atoms with E-state index in [9.17, 15) is 0 Å². The van der Waals surface area contributed by atoms with Crippen LogP contribution in [0.1, 0.15) is 22.3 Å². The summed E-state index contributed by atoms with van der Waals surface area (Å²) in [6.07, 6.45) is 0. The third-order valence-electron chi connectivity index (χ3n) is 5.29. The van der Waals surface area contributed by atoms with Crippen LogP contribution in [0.25, 0.3) is 10.8 Å². The van der Waals surface area contributed by atoms with Crippen LogP contribution in [0.15, 0.2) is 72.8 Å². The van der Waals surface area contributed by atoms with E-state index in [1.807, 2.05) is 48.5 Å². The fourth-order valence-corrected chi connectivity index (χ4v) is 3.64. The van der Waals surface area contributed by atoms with Gasteiger partial charge < -0.3 is 18.9 Å². The van der Waals surface area contributed by atoms with Crippen molar-refractivity contribution in [2.24, 2.45) is 0 Å². The predicted octanol–water partition coefficient (Wildman–Crippen LogP) is 5.10. The molecule has 0 spiro atoms. The molecule has 0 amide bonds. The van der Waals surface area contributed by atoms with Gasteiger partial charge in [-0.25, -0.2) is 0 Å². The minimum absolute atomic E-state index is 0.261. The van der Waals surface area contributed by atoms with Gasteiger partial charge >= 0.3 is 0 Å². The van der Waals surface area contributed by atoms with Crippen LogP contribution in [0.4, 0.5) is 0 Å². The first-order valence-electron chi connectivity index (χ1n) is 10.2. The third-order valence-corrected chi connectivity index (χ3v) is 5.29. The molecule has 4 aromatic carbocycles. The Balaban J connectivity index is 1.27. The van der Waals surface area contributed by atoms with E-state index in [1.54, 1.807) is 0 Å². The van der Waals surface area contributed by atoms with E-state index in [4.69, 9.17) is 18.9 Å². The lowest BCUT2D eigenvalue weighted by Gasteiger charge is -2.00. The molecular formula is C28H16O4. The highest BCUT2D eigenvalue weighted by Gasteiger charge is 2.13. The summed E-state index contributed by atoms with van der Waals surface area (Å²) in [5.74, 6) is 15.9. The molecule has 4 aromatic rings. The maximum absolute atomic E-state index is 5.42. The molecule has 0 unspecified atom stereocenters. The van der Waals surface area contributed by atoms with Gasteiger partial charge in [0.2, 0.25) is 13.6 Å². The summed E-state index contributed by atoms with van der Waals surface area (Å²) < 4.78 is 21.5. The lowest BCUT2D eigenvalue weighted by atomic mass is 10.0. The van der Waals surface area contributed by atoms with E-state index >= 15 is 0 Å². The molecule has 0 saturated carbocycles. The molecule has 4 nitrogen and oxygen atoms in total. The molecule has 2 aliphatic rings. The van der Waals surface area contributed by atoms with E-state index in [0.29, 0.717) is 0 Å². The molecule has 152 valence electrons. The van der Waals surface area contributed by atoms with Crippen LogP contribution >= 0.6 is 0 Å². The number of benzene rings is 4. The predicted molar refractivity (Wildman–Crippen MR) is 121 cm³/mol. The number of rotatable bonds is 0. The van der Waals surface area contributed by atoms with Crippen molar-refractivity contribution in [3.05, 3.63) is 95.1 Å². The highest BCUT2D eigenvalue weighted by Crippen LogP contribution is 2.33. The molecular weight excluding hydrogens is 400 g/mol. The Hall–Kier alpha value is -4.54. The van der Waals surface area contributed by atoms with Crippen LogP contribution in [0.5, 0.6) is 23.0 Å². The molecule has 0 saturated heterocycles. The molecule has 6 rings (SSSR count). The van der Waals surface area contributed by atoms with Crippen LogP contribution in [0.2, 0.25) is 0 Å². The summed E-state index contributed by atoms with van der Waals surface area (Å²) in [4.78, 5) is 0. The number of hydrogen-bond acceptors (Lipinski definition) is 4. The highest BCUT2D eigenvalue weighted by atomic mass is 16.7. The van der Waals surface area contributed by atoms with Crippen LogP contribution in [0.3, 0.4) is 0 Å². The van der Waals surface area contributed by atoms with Crippen molar-refractivity contribution in [3.63, 3.8) is 0 Å². The summed E-state index contributed by atoms with van der Waals surface area (Å²) in [5.41, 5.74) is 3.66. The molecule has 4 heteroatoms. The molecule has 0 bridgehead atoms. The van der Waals surface area contributed by atoms with Gasteiger partial charge in [0.1, 0.15) is 0 Å². The summed E-state index contributed by atoms with van der Waals surface area (Å²) >= 11 is 0. The van der Waals surface area contributed by atoms with Gasteiger partial charge in [0.15, 0.2) is 23.0 Å². The average Bonchev–Trinajstić information content (AvgIpc) is 3.49. The average molecular weight is 416 g/mol. The Bertz CT molecular complexity index is 1380. The largest absolute Gasteiger partial charge is 0.454 e. The van der Waals surface area contributed by atoms with E-state index < -0.39 is 0 Å². The van der Waals surface area contributed by atoms with Crippen LogP contribution in [-0.4, -0.2) is 13.6 Å². The van der Waals surface area contributed by atoms with Gasteiger partial charge in [-0.1, -0.05) is 35.8 Å². The number of fused-ring (bicyclic) bond motifs is 3. The first-order valence-corrected chi connectivity index (χ1v) is 10.2. The summed E-state index contributed by atoms with van der Waals surface area (Å²) in [6, 6.07) is 23.8. The normalized spacial score (nSPS) is 12.6. The number of ether oxygens (including phenoxy) is 4. The Morgan fingerprint density at radius 2 is 0.812 bits per heavy atom. The van der Waals surface area contributed by atoms with E-state index in [1.165, 1.54) is 0 Å². The van der Waals surface area contributed by atoms with Gasteiger partial charge in [0.25, 0.3) is 0 Å². The van der Waals surface area contributed by atoms with Gasteiger partial charge in [-0.2, -0.15) is 0 Å². The van der Waals surface area contributed by atoms with E-state index in [2.05, 4.69) is 47.9 Å². The number of hydrogen-bond donors (Lipinski definition) is 0. The van der Waals surface area contributed by atoms with Crippen molar-refractivity contribution < 1.29 is 18.9 Å². The lowest BCUT2D eigenvalue weighted by molar-refractivity contribution is 0.173. The molecule has 0 N–H and O–H groups in total. The van der Waals surface area contributed by atoms with Crippen LogP contribution < -0.4 is 18.9 Å². The zero-order chi connectivity index (χ0) is 21.3. The van der Waals surface area contributed by atoms with Gasteiger partial charge in [0, 0.05) is 22.3 Å². The van der Waals surface area contributed by atoms with Crippen molar-refractivity contribution in [1.29, 1.82) is 0 Å². The van der Waals surface area contributed by atoms with Gasteiger partial charge in [0.05, 0.1) is 0 Å². The second-order valence-corrected chi connectivity index (χ2v) is 7.41. The van der Waals surface area contributed by atoms with Gasteiger partial charge in [-0.05, 0) is 71.4 Å². The van der Waals surface area contributed by atoms with E-state index in [0.717, 1.165) is 56.0 Å². The fourth-order valence-electron chi connectivity index (χ4n) is 3.64. The zero-order valence-corrected chi connectivity index (χ0v) is 17.0. The van der Waals surface area contributed by atoms with Crippen LogP contribution in [0, 0.1) is 23.7 Å². The smallest absolute Gasteiger partial charge is 0.231 e. The molecule has 32 heavy (non-hydrogen) atoms. The Morgan fingerprint density at radius 1 is 0.406 bits per heavy atom. The molecule has 0 aliphatic carbocycles. The third kappa shape index (κ3) is 3.55. The van der Waals surface area contributed by atoms with Crippen molar-refractivity contribution in [2.45, 2.75) is 0 Å². The van der Waals surface area contributed by atoms with Crippen molar-refractivity contribution in [2.75, 3.05) is 13.6 Å². The van der Waals surface area contributed by atoms with Gasteiger partial charge in [-0.15, -0.1) is 0 Å². The van der Waals surface area contributed by atoms with Crippen molar-refractivity contribution in [3.8, 4) is 46.7 Å². The lowest BCUT2D eigenvalue weighted by Crippen LogP contribution is -1.92. The standard InChI is InChI=1S/C28H16O4/c1(3-21-7-11-25-27(15-21)31-17-29-25)19-5-9-23-10-6-20(14-24(23)13-19)2-4-22-8-12-26-28(16-22)32-18-30-26/h5-16H,17-18H2. The molecule has 0 aromatic heterocycles. The molecule has 0 fully saturated rings. The zero-order valence-electron chi connectivity index (χ0n) is 17.0. The molecule has 2 aliphatic heterocycles. The topological polar surface area (TPSA) is 36.9 Å². The quantitative estimate of drug-likeness (QED) is 0.374. The minimum atomic E-state index is 0.261. The first kappa shape index (κ1) is 18.2.